The molecule has 1 saturated heterocycles. The van der Waals surface area contributed by atoms with E-state index < -0.39 is 24.1 Å². The van der Waals surface area contributed by atoms with Gasteiger partial charge in [0.25, 0.3) is 0 Å². The normalized spacial score (nSPS) is 25.0. The summed E-state index contributed by atoms with van der Waals surface area (Å²) in [4.78, 5) is 36.6. The average Bonchev–Trinajstić information content (AvgIpc) is 2.42. The molecule has 7 heteroatoms. The molecule has 1 aliphatic rings. The van der Waals surface area contributed by atoms with Gasteiger partial charge in [-0.05, 0) is 24.7 Å². The summed E-state index contributed by atoms with van der Waals surface area (Å²) in [5, 5.41) is 11.8. The number of aliphatic carboxylic acids is 1. The fourth-order valence-corrected chi connectivity index (χ4v) is 2.83. The first-order valence-electron chi connectivity index (χ1n) is 7.38. The highest BCUT2D eigenvalue weighted by molar-refractivity contribution is 5.90. The minimum absolute atomic E-state index is 0.105. The van der Waals surface area contributed by atoms with Crippen molar-refractivity contribution in [3.8, 4) is 0 Å². The van der Waals surface area contributed by atoms with Gasteiger partial charge < -0.3 is 21.1 Å². The van der Waals surface area contributed by atoms with E-state index in [0.717, 1.165) is 12.8 Å². The minimum atomic E-state index is -1.00. The lowest BCUT2D eigenvalue weighted by Crippen LogP contribution is -2.59. The highest BCUT2D eigenvalue weighted by atomic mass is 16.4. The van der Waals surface area contributed by atoms with Crippen LogP contribution in [0.25, 0.3) is 0 Å². The second kappa shape index (κ2) is 7.28. The molecule has 3 amide bonds. The van der Waals surface area contributed by atoms with Crippen molar-refractivity contribution in [3.05, 3.63) is 0 Å². The number of hydrogen-bond acceptors (Lipinski definition) is 3. The Bertz CT molecular complexity index is 413. The molecule has 0 spiro atoms. The van der Waals surface area contributed by atoms with Crippen LogP contribution >= 0.6 is 0 Å². The number of carbonyl (C=O) groups is 3. The summed E-state index contributed by atoms with van der Waals surface area (Å²) in [5.74, 6) is -1.58. The molecule has 120 valence electrons. The summed E-state index contributed by atoms with van der Waals surface area (Å²) < 4.78 is 0. The van der Waals surface area contributed by atoms with Gasteiger partial charge in [-0.2, -0.15) is 0 Å². The van der Waals surface area contributed by atoms with Crippen molar-refractivity contribution in [1.29, 1.82) is 0 Å². The zero-order valence-corrected chi connectivity index (χ0v) is 12.8. The first-order chi connectivity index (χ1) is 9.79. The van der Waals surface area contributed by atoms with Gasteiger partial charge in [0.1, 0.15) is 12.1 Å². The summed E-state index contributed by atoms with van der Waals surface area (Å²) in [6.07, 6.45) is 2.22. The number of hydrogen-bond donors (Lipinski definition) is 3. The van der Waals surface area contributed by atoms with E-state index >= 15 is 0 Å². The Morgan fingerprint density at radius 1 is 1.43 bits per heavy atom. The summed E-state index contributed by atoms with van der Waals surface area (Å²) in [7, 11) is 0. The molecule has 0 radical (unpaired) electrons. The molecule has 0 aromatic heterocycles. The zero-order chi connectivity index (χ0) is 16.2. The van der Waals surface area contributed by atoms with Crippen LogP contribution in [0, 0.1) is 11.8 Å². The van der Waals surface area contributed by atoms with E-state index in [1.807, 2.05) is 20.8 Å². The van der Waals surface area contributed by atoms with Crippen LogP contribution in [0.15, 0.2) is 0 Å². The first kappa shape index (κ1) is 17.3. The number of primary amides is 1. The van der Waals surface area contributed by atoms with Gasteiger partial charge in [0.2, 0.25) is 5.91 Å². The highest BCUT2D eigenvalue weighted by Crippen LogP contribution is 2.25. The van der Waals surface area contributed by atoms with Crippen molar-refractivity contribution in [2.45, 2.75) is 52.1 Å². The molecule has 0 aromatic carbocycles. The Kier molecular flexibility index (Phi) is 5.99. The number of amides is 3. The number of likely N-dealkylation sites (tertiary alicyclic amines) is 1. The summed E-state index contributed by atoms with van der Waals surface area (Å²) >= 11 is 0. The predicted molar refractivity (Wildman–Crippen MR) is 77.5 cm³/mol. The van der Waals surface area contributed by atoms with Gasteiger partial charge in [-0.3, -0.25) is 4.79 Å². The second-order valence-corrected chi connectivity index (χ2v) is 5.81. The lowest BCUT2D eigenvalue weighted by atomic mass is 9.89. The molecule has 21 heavy (non-hydrogen) atoms. The van der Waals surface area contributed by atoms with Crippen LogP contribution in [-0.2, 0) is 9.59 Å². The Morgan fingerprint density at radius 2 is 2.05 bits per heavy atom. The number of nitrogens with one attached hydrogen (secondary N) is 1. The van der Waals surface area contributed by atoms with Crippen molar-refractivity contribution in [2.24, 2.45) is 17.6 Å². The van der Waals surface area contributed by atoms with E-state index in [9.17, 15) is 19.5 Å². The largest absolute Gasteiger partial charge is 0.480 e. The van der Waals surface area contributed by atoms with Crippen LogP contribution in [-0.4, -0.2) is 46.5 Å². The standard InChI is InChI=1S/C14H25N3O4/c1-4-8(2)10(16-14(15)21)12(18)17-7-5-6-9(3)11(17)13(19)20/h8-11H,4-7H2,1-3H3,(H,19,20)(H3,15,16,21). The van der Waals surface area contributed by atoms with E-state index in [1.165, 1.54) is 4.90 Å². The molecule has 4 atom stereocenters. The number of carbonyl (C=O) groups excluding carboxylic acids is 2. The van der Waals surface area contributed by atoms with E-state index in [0.29, 0.717) is 13.0 Å². The van der Waals surface area contributed by atoms with Crippen LogP contribution < -0.4 is 11.1 Å². The molecular formula is C14H25N3O4. The first-order valence-corrected chi connectivity index (χ1v) is 7.38. The molecule has 1 aliphatic heterocycles. The molecule has 0 aromatic rings. The van der Waals surface area contributed by atoms with Crippen LogP contribution in [0.1, 0.15) is 40.0 Å². The number of nitrogens with two attached hydrogens (primary N) is 1. The molecule has 1 fully saturated rings. The number of carboxylic acids is 1. The summed E-state index contributed by atoms with van der Waals surface area (Å²) in [5.41, 5.74) is 5.14. The molecule has 0 bridgehead atoms. The topological polar surface area (TPSA) is 113 Å². The third kappa shape index (κ3) is 4.09. The lowest BCUT2D eigenvalue weighted by Gasteiger charge is -2.40. The Labute approximate surface area is 124 Å². The van der Waals surface area contributed by atoms with E-state index in [2.05, 4.69) is 5.32 Å². The maximum absolute atomic E-state index is 12.7. The molecule has 4 N–H and O–H groups in total. The highest BCUT2D eigenvalue weighted by Gasteiger charge is 2.40. The van der Waals surface area contributed by atoms with Crippen molar-refractivity contribution in [1.82, 2.24) is 10.2 Å². The minimum Gasteiger partial charge on any atom is -0.480 e. The van der Waals surface area contributed by atoms with Crippen molar-refractivity contribution in [3.63, 3.8) is 0 Å². The monoisotopic (exact) mass is 299 g/mol. The molecule has 1 heterocycles. The van der Waals surface area contributed by atoms with Gasteiger partial charge in [-0.25, -0.2) is 9.59 Å². The third-order valence-electron chi connectivity index (χ3n) is 4.25. The van der Waals surface area contributed by atoms with Gasteiger partial charge >= 0.3 is 12.0 Å². The quantitative estimate of drug-likeness (QED) is 0.696. The average molecular weight is 299 g/mol. The Balaban J connectivity index is 2.99. The predicted octanol–water partition coefficient (Wildman–Crippen LogP) is 0.781. The van der Waals surface area contributed by atoms with Gasteiger partial charge in [0.05, 0.1) is 0 Å². The molecule has 0 saturated carbocycles. The van der Waals surface area contributed by atoms with E-state index in [4.69, 9.17) is 5.73 Å². The van der Waals surface area contributed by atoms with Crippen molar-refractivity contribution >= 4 is 17.9 Å². The fraction of sp³-hybridized carbons (Fsp3) is 0.786. The number of rotatable bonds is 5. The third-order valence-corrected chi connectivity index (χ3v) is 4.25. The van der Waals surface area contributed by atoms with Gasteiger partial charge in [-0.1, -0.05) is 27.2 Å². The summed E-state index contributed by atoms with van der Waals surface area (Å²) in [6.45, 7) is 5.97. The number of nitrogens with zero attached hydrogens (tertiary/aromatic N) is 1. The zero-order valence-electron chi connectivity index (χ0n) is 12.8. The van der Waals surface area contributed by atoms with Gasteiger partial charge in [0.15, 0.2) is 0 Å². The number of piperidine rings is 1. The van der Waals surface area contributed by atoms with E-state index in [1.54, 1.807) is 0 Å². The maximum atomic E-state index is 12.7. The molecular weight excluding hydrogens is 274 g/mol. The fourth-order valence-electron chi connectivity index (χ4n) is 2.83. The number of urea groups is 1. The summed E-state index contributed by atoms with van der Waals surface area (Å²) in [6, 6.07) is -2.39. The van der Waals surface area contributed by atoms with Crippen LogP contribution in [0.2, 0.25) is 0 Å². The van der Waals surface area contributed by atoms with Crippen LogP contribution in [0.5, 0.6) is 0 Å². The van der Waals surface area contributed by atoms with Gasteiger partial charge in [0, 0.05) is 6.54 Å². The molecule has 4 unspecified atom stereocenters. The van der Waals surface area contributed by atoms with Gasteiger partial charge in [-0.15, -0.1) is 0 Å². The van der Waals surface area contributed by atoms with Crippen molar-refractivity contribution < 1.29 is 19.5 Å². The Morgan fingerprint density at radius 3 is 2.52 bits per heavy atom. The smallest absolute Gasteiger partial charge is 0.326 e. The van der Waals surface area contributed by atoms with Crippen molar-refractivity contribution in [2.75, 3.05) is 6.54 Å². The maximum Gasteiger partial charge on any atom is 0.326 e. The van der Waals surface area contributed by atoms with Crippen LogP contribution in [0.4, 0.5) is 4.79 Å². The lowest BCUT2D eigenvalue weighted by molar-refractivity contribution is -0.156. The SMILES string of the molecule is CCC(C)C(NC(N)=O)C(=O)N1CCCC(C)C1C(=O)O. The molecule has 1 rings (SSSR count). The Hall–Kier alpha value is -1.79. The molecule has 7 nitrogen and oxygen atoms in total. The molecule has 0 aliphatic carbocycles. The number of carboxylic acid groups (broad SMARTS) is 1. The van der Waals surface area contributed by atoms with Crippen LogP contribution in [0.3, 0.4) is 0 Å². The second-order valence-electron chi connectivity index (χ2n) is 5.81. The van der Waals surface area contributed by atoms with E-state index in [-0.39, 0.29) is 17.7 Å².